The zero-order valence-electron chi connectivity index (χ0n) is 13.3. The van der Waals surface area contributed by atoms with Crippen molar-refractivity contribution in [3.05, 3.63) is 70.8 Å². The van der Waals surface area contributed by atoms with Crippen LogP contribution in [0.3, 0.4) is 0 Å². The molecule has 0 bridgehead atoms. The van der Waals surface area contributed by atoms with Crippen molar-refractivity contribution in [1.29, 1.82) is 5.26 Å². The van der Waals surface area contributed by atoms with E-state index in [0.29, 0.717) is 11.8 Å². The van der Waals surface area contributed by atoms with Crippen LogP contribution in [0.25, 0.3) is 5.69 Å². The third kappa shape index (κ3) is 3.91. The number of amides is 1. The molecular formula is C17H9ClF3N5O. The van der Waals surface area contributed by atoms with E-state index in [1.165, 1.54) is 42.7 Å². The largest absolute Gasteiger partial charge is 0.435 e. The normalized spacial score (nSPS) is 11.1. The van der Waals surface area contributed by atoms with Gasteiger partial charge in [0.1, 0.15) is 11.8 Å². The van der Waals surface area contributed by atoms with Gasteiger partial charge >= 0.3 is 6.18 Å². The Balaban J connectivity index is 1.84. The van der Waals surface area contributed by atoms with Gasteiger partial charge in [-0.25, -0.2) is 4.68 Å². The molecule has 1 amide bonds. The van der Waals surface area contributed by atoms with Crippen LogP contribution in [0.5, 0.6) is 0 Å². The Morgan fingerprint density at radius 3 is 2.52 bits per heavy atom. The first kappa shape index (κ1) is 18.4. The molecule has 0 fully saturated rings. The molecule has 3 aromatic rings. The van der Waals surface area contributed by atoms with Crippen LogP contribution in [0.4, 0.5) is 18.9 Å². The Morgan fingerprint density at radius 2 is 1.93 bits per heavy atom. The summed E-state index contributed by atoms with van der Waals surface area (Å²) in [6.45, 7) is 0. The van der Waals surface area contributed by atoms with Gasteiger partial charge in [0.2, 0.25) is 0 Å². The van der Waals surface area contributed by atoms with Crippen molar-refractivity contribution < 1.29 is 18.0 Å². The third-order valence-corrected chi connectivity index (χ3v) is 3.80. The number of halogens is 4. The van der Waals surface area contributed by atoms with Crippen LogP contribution in [0.1, 0.15) is 21.7 Å². The molecular weight excluding hydrogens is 383 g/mol. The maximum absolute atomic E-state index is 12.8. The Morgan fingerprint density at radius 1 is 1.22 bits per heavy atom. The monoisotopic (exact) mass is 391 g/mol. The van der Waals surface area contributed by atoms with Gasteiger partial charge in [0.15, 0.2) is 5.69 Å². The SMILES string of the molecule is N#Cc1cc(C(F)(F)F)nn1-c1ccc(NC(=O)c2ccncc2Cl)cc1. The number of benzene rings is 1. The Labute approximate surface area is 155 Å². The Kier molecular flexibility index (Phi) is 4.83. The summed E-state index contributed by atoms with van der Waals surface area (Å²) < 4.78 is 39.2. The lowest BCUT2D eigenvalue weighted by Crippen LogP contribution is -2.12. The fraction of sp³-hybridized carbons (Fsp3) is 0.0588. The lowest BCUT2D eigenvalue weighted by molar-refractivity contribution is -0.141. The van der Waals surface area contributed by atoms with Crippen LogP contribution < -0.4 is 5.32 Å². The summed E-state index contributed by atoms with van der Waals surface area (Å²) in [6, 6.07) is 9.59. The minimum Gasteiger partial charge on any atom is -0.322 e. The number of nitrogens with zero attached hydrogens (tertiary/aromatic N) is 4. The van der Waals surface area contributed by atoms with E-state index in [1.54, 1.807) is 6.07 Å². The van der Waals surface area contributed by atoms with Crippen molar-refractivity contribution in [3.63, 3.8) is 0 Å². The fourth-order valence-electron chi connectivity index (χ4n) is 2.24. The van der Waals surface area contributed by atoms with E-state index in [9.17, 15) is 18.0 Å². The van der Waals surface area contributed by atoms with Gasteiger partial charge < -0.3 is 5.32 Å². The van der Waals surface area contributed by atoms with Crippen LogP contribution in [-0.4, -0.2) is 20.7 Å². The number of pyridine rings is 1. The first-order valence-corrected chi connectivity index (χ1v) is 7.76. The summed E-state index contributed by atoms with van der Waals surface area (Å²) in [5.74, 6) is -0.466. The second-order valence-electron chi connectivity index (χ2n) is 5.29. The van der Waals surface area contributed by atoms with Gasteiger partial charge in [-0.1, -0.05) is 11.6 Å². The molecule has 136 valence electrons. The molecule has 0 saturated heterocycles. The molecule has 3 rings (SSSR count). The van der Waals surface area contributed by atoms with Crippen LogP contribution in [0.15, 0.2) is 48.8 Å². The molecule has 0 aliphatic carbocycles. The molecule has 0 saturated carbocycles. The summed E-state index contributed by atoms with van der Waals surface area (Å²) in [7, 11) is 0. The summed E-state index contributed by atoms with van der Waals surface area (Å²) >= 11 is 5.91. The molecule has 2 aromatic heterocycles. The molecule has 0 atom stereocenters. The van der Waals surface area contributed by atoms with Gasteiger partial charge in [-0.3, -0.25) is 9.78 Å². The molecule has 10 heteroatoms. The van der Waals surface area contributed by atoms with Crippen LogP contribution in [0, 0.1) is 11.3 Å². The number of aromatic nitrogens is 3. The zero-order chi connectivity index (χ0) is 19.6. The molecule has 2 heterocycles. The number of anilines is 1. The smallest absolute Gasteiger partial charge is 0.322 e. The molecule has 0 aliphatic heterocycles. The highest BCUT2D eigenvalue weighted by Crippen LogP contribution is 2.29. The highest BCUT2D eigenvalue weighted by molar-refractivity contribution is 6.34. The average Bonchev–Trinajstić information content (AvgIpc) is 3.07. The fourth-order valence-corrected chi connectivity index (χ4v) is 2.44. The van der Waals surface area contributed by atoms with E-state index in [-0.39, 0.29) is 22.0 Å². The number of carbonyl (C=O) groups is 1. The van der Waals surface area contributed by atoms with E-state index in [4.69, 9.17) is 16.9 Å². The number of rotatable bonds is 3. The van der Waals surface area contributed by atoms with Crippen LogP contribution in [-0.2, 0) is 6.18 Å². The second kappa shape index (κ2) is 7.09. The quantitative estimate of drug-likeness (QED) is 0.729. The third-order valence-electron chi connectivity index (χ3n) is 3.50. The molecule has 1 N–H and O–H groups in total. The molecule has 0 spiro atoms. The maximum atomic E-state index is 12.8. The molecule has 27 heavy (non-hydrogen) atoms. The summed E-state index contributed by atoms with van der Waals surface area (Å²) in [5, 5.41) is 15.3. The van der Waals surface area contributed by atoms with E-state index in [2.05, 4.69) is 15.4 Å². The van der Waals surface area contributed by atoms with Gasteiger partial charge in [0.05, 0.1) is 16.3 Å². The van der Waals surface area contributed by atoms with Crippen LogP contribution in [0.2, 0.25) is 5.02 Å². The highest BCUT2D eigenvalue weighted by Gasteiger charge is 2.35. The Hall–Kier alpha value is -3.38. The lowest BCUT2D eigenvalue weighted by atomic mass is 10.2. The first-order valence-electron chi connectivity index (χ1n) is 7.38. The number of alkyl halides is 3. The molecule has 1 aromatic carbocycles. The van der Waals surface area contributed by atoms with Crippen molar-refractivity contribution in [2.45, 2.75) is 6.18 Å². The van der Waals surface area contributed by atoms with E-state index in [1.807, 2.05) is 0 Å². The standard InChI is InChI=1S/C17H9ClF3N5O/c18-14-9-23-6-5-13(14)16(27)24-10-1-3-11(4-2-10)26-12(8-22)7-15(25-26)17(19,20)21/h1-7,9H,(H,24,27). The Bertz CT molecular complexity index is 1040. The highest BCUT2D eigenvalue weighted by atomic mass is 35.5. The van der Waals surface area contributed by atoms with E-state index < -0.39 is 17.8 Å². The number of nitrogens with one attached hydrogen (secondary N) is 1. The molecule has 0 radical (unpaired) electrons. The van der Waals surface area contributed by atoms with Gasteiger partial charge in [0.25, 0.3) is 5.91 Å². The predicted octanol–water partition coefficient (Wildman–Crippen LogP) is 4.06. The number of carbonyl (C=O) groups excluding carboxylic acids is 1. The molecule has 0 aliphatic rings. The minimum atomic E-state index is -4.66. The number of nitriles is 1. The first-order chi connectivity index (χ1) is 12.8. The maximum Gasteiger partial charge on any atom is 0.435 e. The van der Waals surface area contributed by atoms with Crippen molar-refractivity contribution in [2.24, 2.45) is 0 Å². The van der Waals surface area contributed by atoms with Crippen molar-refractivity contribution >= 4 is 23.2 Å². The molecule has 0 unspecified atom stereocenters. The lowest BCUT2D eigenvalue weighted by Gasteiger charge is -2.08. The van der Waals surface area contributed by atoms with Crippen molar-refractivity contribution in [3.8, 4) is 11.8 Å². The minimum absolute atomic E-state index is 0.182. The molecule has 6 nitrogen and oxygen atoms in total. The number of hydrogen-bond acceptors (Lipinski definition) is 4. The zero-order valence-corrected chi connectivity index (χ0v) is 14.1. The number of hydrogen-bond donors (Lipinski definition) is 1. The average molecular weight is 392 g/mol. The van der Waals surface area contributed by atoms with Gasteiger partial charge in [-0.05, 0) is 30.3 Å². The van der Waals surface area contributed by atoms with Crippen LogP contribution >= 0.6 is 11.6 Å². The van der Waals surface area contributed by atoms with Gasteiger partial charge in [-0.15, -0.1) is 0 Å². The van der Waals surface area contributed by atoms with Gasteiger partial charge in [-0.2, -0.15) is 23.5 Å². The van der Waals surface area contributed by atoms with Gasteiger partial charge in [0, 0.05) is 24.1 Å². The summed E-state index contributed by atoms with van der Waals surface area (Å²) in [5.41, 5.74) is -0.573. The predicted molar refractivity (Wildman–Crippen MR) is 90.5 cm³/mol. The van der Waals surface area contributed by atoms with E-state index >= 15 is 0 Å². The van der Waals surface area contributed by atoms with Crippen molar-refractivity contribution in [1.82, 2.24) is 14.8 Å². The topological polar surface area (TPSA) is 83.6 Å². The summed E-state index contributed by atoms with van der Waals surface area (Å²) in [6.07, 6.45) is -1.91. The summed E-state index contributed by atoms with van der Waals surface area (Å²) in [4.78, 5) is 16.0. The second-order valence-corrected chi connectivity index (χ2v) is 5.70. The van der Waals surface area contributed by atoms with E-state index in [0.717, 1.165) is 4.68 Å². The van der Waals surface area contributed by atoms with Crippen molar-refractivity contribution in [2.75, 3.05) is 5.32 Å².